The van der Waals surface area contributed by atoms with Crippen LogP contribution in [0.25, 0.3) is 27.5 Å². The number of para-hydroxylation sites is 1. The molecule has 0 radical (unpaired) electrons. The van der Waals surface area contributed by atoms with E-state index < -0.39 is 0 Å². The zero-order valence-corrected chi connectivity index (χ0v) is 14.4. The summed E-state index contributed by atoms with van der Waals surface area (Å²) in [5.74, 6) is 0.237. The van der Waals surface area contributed by atoms with Crippen molar-refractivity contribution in [3.8, 4) is 5.69 Å². The third kappa shape index (κ3) is 2.73. The van der Waals surface area contributed by atoms with Gasteiger partial charge in [-0.3, -0.25) is 9.89 Å². The van der Waals surface area contributed by atoms with Gasteiger partial charge in [-0.2, -0.15) is 0 Å². The molecular weight excluding hydrogens is 331 g/mol. The first kappa shape index (κ1) is 16.3. The van der Waals surface area contributed by atoms with E-state index in [0.717, 1.165) is 35.8 Å². The van der Waals surface area contributed by atoms with Crippen LogP contribution in [0.5, 0.6) is 0 Å². The van der Waals surface area contributed by atoms with Crippen LogP contribution >= 0.6 is 0 Å². The van der Waals surface area contributed by atoms with Crippen molar-refractivity contribution in [3.63, 3.8) is 0 Å². The van der Waals surface area contributed by atoms with Gasteiger partial charge in [0, 0.05) is 11.9 Å². The van der Waals surface area contributed by atoms with Crippen molar-refractivity contribution in [2.24, 2.45) is 0 Å². The molecule has 2 aromatic heterocycles. The van der Waals surface area contributed by atoms with Crippen LogP contribution in [0.4, 0.5) is 10.2 Å². The Bertz CT molecular complexity index is 1130. The lowest BCUT2D eigenvalue weighted by atomic mass is 10.1. The molecule has 0 atom stereocenters. The summed E-state index contributed by atoms with van der Waals surface area (Å²) in [6.07, 6.45) is 2.04. The number of benzene rings is 2. The third-order valence-electron chi connectivity index (χ3n) is 4.44. The van der Waals surface area contributed by atoms with Crippen molar-refractivity contribution in [2.45, 2.75) is 19.8 Å². The van der Waals surface area contributed by atoms with Crippen molar-refractivity contribution >= 4 is 27.6 Å². The second-order valence-corrected chi connectivity index (χ2v) is 6.24. The molecule has 0 amide bonds. The third-order valence-corrected chi connectivity index (χ3v) is 4.44. The maximum atomic E-state index is 13.2. The van der Waals surface area contributed by atoms with Gasteiger partial charge in [0.2, 0.25) is 0 Å². The van der Waals surface area contributed by atoms with Gasteiger partial charge in [0.15, 0.2) is 0 Å². The summed E-state index contributed by atoms with van der Waals surface area (Å²) >= 11 is 0. The van der Waals surface area contributed by atoms with Crippen molar-refractivity contribution in [1.29, 1.82) is 0 Å². The van der Waals surface area contributed by atoms with Gasteiger partial charge in [-0.1, -0.05) is 31.5 Å². The monoisotopic (exact) mass is 350 g/mol. The number of anilines is 1. The van der Waals surface area contributed by atoms with Crippen LogP contribution in [0.2, 0.25) is 0 Å². The van der Waals surface area contributed by atoms with Crippen LogP contribution in [-0.2, 0) is 0 Å². The highest BCUT2D eigenvalue weighted by atomic mass is 19.1. The van der Waals surface area contributed by atoms with E-state index in [9.17, 15) is 9.18 Å². The smallest absolute Gasteiger partial charge is 0.282 e. The molecule has 132 valence electrons. The van der Waals surface area contributed by atoms with Gasteiger partial charge < -0.3 is 5.32 Å². The number of halogens is 1. The van der Waals surface area contributed by atoms with Crippen LogP contribution in [0.1, 0.15) is 19.8 Å². The summed E-state index contributed by atoms with van der Waals surface area (Å²) in [7, 11) is 0. The topological polar surface area (TPSA) is 62.7 Å². The van der Waals surface area contributed by atoms with Crippen LogP contribution in [0.15, 0.2) is 53.3 Å². The molecule has 0 aliphatic rings. The number of hydrogen-bond acceptors (Lipinski definition) is 3. The van der Waals surface area contributed by atoms with Crippen molar-refractivity contribution in [3.05, 3.63) is 64.7 Å². The number of unbranched alkanes of at least 4 members (excludes halogenated alkanes) is 1. The van der Waals surface area contributed by atoms with Gasteiger partial charge in [-0.05, 0) is 36.8 Å². The number of hydrogen-bond donors (Lipinski definition) is 2. The Morgan fingerprint density at radius 3 is 2.69 bits per heavy atom. The van der Waals surface area contributed by atoms with Gasteiger partial charge in [-0.15, -0.1) is 0 Å². The van der Waals surface area contributed by atoms with E-state index in [1.807, 2.05) is 24.3 Å². The highest BCUT2D eigenvalue weighted by Gasteiger charge is 2.17. The van der Waals surface area contributed by atoms with E-state index in [4.69, 9.17) is 0 Å². The molecular formula is C20H19FN4O. The molecule has 2 heterocycles. The Labute approximate surface area is 149 Å². The largest absolute Gasteiger partial charge is 0.369 e. The fourth-order valence-corrected chi connectivity index (χ4v) is 3.09. The Morgan fingerprint density at radius 1 is 1.15 bits per heavy atom. The minimum absolute atomic E-state index is 0.205. The lowest BCUT2D eigenvalue weighted by Crippen LogP contribution is -2.15. The summed E-state index contributed by atoms with van der Waals surface area (Å²) < 4.78 is 14.7. The SMILES string of the molecule is CCCCNc1nc2ccccc2c2[nH]n(-c3ccc(F)cc3)c(=O)c12. The first-order valence-corrected chi connectivity index (χ1v) is 8.72. The van der Waals surface area contributed by atoms with Crippen molar-refractivity contribution in [1.82, 2.24) is 14.8 Å². The number of H-pyrrole nitrogens is 1. The van der Waals surface area contributed by atoms with E-state index in [1.54, 1.807) is 12.1 Å². The van der Waals surface area contributed by atoms with Gasteiger partial charge in [0.1, 0.15) is 17.0 Å². The summed E-state index contributed by atoms with van der Waals surface area (Å²) in [6, 6.07) is 13.5. The molecule has 4 aromatic rings. The lowest BCUT2D eigenvalue weighted by Gasteiger charge is -2.07. The summed E-state index contributed by atoms with van der Waals surface area (Å²) in [6.45, 7) is 2.86. The molecule has 0 aliphatic heterocycles. The molecule has 5 nitrogen and oxygen atoms in total. The Hall–Kier alpha value is -3.15. The number of nitrogens with one attached hydrogen (secondary N) is 2. The molecule has 2 N–H and O–H groups in total. The fourth-order valence-electron chi connectivity index (χ4n) is 3.09. The zero-order chi connectivity index (χ0) is 18.1. The molecule has 26 heavy (non-hydrogen) atoms. The summed E-state index contributed by atoms with van der Waals surface area (Å²) in [4.78, 5) is 17.7. The predicted octanol–water partition coefficient (Wildman–Crippen LogP) is 4.22. The molecule has 0 saturated heterocycles. The van der Waals surface area contributed by atoms with Crippen LogP contribution in [0.3, 0.4) is 0 Å². The quantitative estimate of drug-likeness (QED) is 0.530. The number of rotatable bonds is 5. The molecule has 0 bridgehead atoms. The number of nitrogens with zero attached hydrogens (tertiary/aromatic N) is 2. The highest BCUT2D eigenvalue weighted by Crippen LogP contribution is 2.26. The molecule has 0 aliphatic carbocycles. The molecule has 4 rings (SSSR count). The standard InChI is InChI=1S/C20H19FN4O/c1-2-3-12-22-19-17-18(15-6-4-5-7-16(15)23-19)24-25(20(17)26)14-10-8-13(21)9-11-14/h4-11,24H,2-3,12H2,1H3,(H,22,23). The van der Waals surface area contributed by atoms with Gasteiger partial charge in [0.25, 0.3) is 5.56 Å². The van der Waals surface area contributed by atoms with Crippen molar-refractivity contribution < 1.29 is 4.39 Å². The average Bonchev–Trinajstić information content (AvgIpc) is 3.01. The van der Waals surface area contributed by atoms with Gasteiger partial charge in [-0.25, -0.2) is 14.1 Å². The lowest BCUT2D eigenvalue weighted by molar-refractivity contribution is 0.627. The summed E-state index contributed by atoms with van der Waals surface area (Å²) in [5, 5.41) is 7.86. The normalized spacial score (nSPS) is 11.3. The maximum Gasteiger partial charge on any atom is 0.282 e. The molecule has 0 unspecified atom stereocenters. The van der Waals surface area contributed by atoms with Crippen LogP contribution in [-0.4, -0.2) is 21.3 Å². The zero-order valence-electron chi connectivity index (χ0n) is 14.4. The second-order valence-electron chi connectivity index (χ2n) is 6.24. The Morgan fingerprint density at radius 2 is 1.92 bits per heavy atom. The predicted molar refractivity (Wildman–Crippen MR) is 103 cm³/mol. The number of fused-ring (bicyclic) bond motifs is 3. The molecule has 0 saturated carbocycles. The number of aromatic nitrogens is 3. The molecule has 2 aromatic carbocycles. The first-order valence-electron chi connectivity index (χ1n) is 8.72. The Balaban J connectivity index is 1.98. The van der Waals surface area contributed by atoms with E-state index in [1.165, 1.54) is 16.8 Å². The molecule has 0 fully saturated rings. The van der Waals surface area contributed by atoms with Gasteiger partial charge in [0.05, 0.1) is 16.7 Å². The first-order chi connectivity index (χ1) is 12.7. The fraction of sp³-hybridized carbons (Fsp3) is 0.200. The molecule has 0 spiro atoms. The minimum Gasteiger partial charge on any atom is -0.369 e. The van der Waals surface area contributed by atoms with E-state index in [2.05, 4.69) is 22.3 Å². The minimum atomic E-state index is -0.341. The van der Waals surface area contributed by atoms with E-state index in [0.29, 0.717) is 16.9 Å². The average molecular weight is 350 g/mol. The van der Waals surface area contributed by atoms with E-state index in [-0.39, 0.29) is 11.4 Å². The number of aromatic amines is 1. The van der Waals surface area contributed by atoms with Crippen molar-refractivity contribution in [2.75, 3.05) is 11.9 Å². The molecule has 6 heteroatoms. The maximum absolute atomic E-state index is 13.2. The Kier molecular flexibility index (Phi) is 4.16. The highest BCUT2D eigenvalue weighted by molar-refractivity contribution is 6.07. The second kappa shape index (κ2) is 6.63. The number of pyridine rings is 1. The van der Waals surface area contributed by atoms with Gasteiger partial charge >= 0.3 is 0 Å². The summed E-state index contributed by atoms with van der Waals surface area (Å²) in [5.41, 5.74) is 1.91. The van der Waals surface area contributed by atoms with E-state index >= 15 is 0 Å². The van der Waals surface area contributed by atoms with Crippen LogP contribution in [0, 0.1) is 5.82 Å². The van der Waals surface area contributed by atoms with Crippen LogP contribution < -0.4 is 10.9 Å².